The van der Waals surface area contributed by atoms with Crippen LogP contribution >= 0.6 is 15.9 Å². The SMILES string of the molecule is CC(C)CC1(C(=O)NCc2ccccc2Br)CCCC1. The van der Waals surface area contributed by atoms with Crippen molar-refractivity contribution in [3.8, 4) is 0 Å². The molecule has 110 valence electrons. The van der Waals surface area contributed by atoms with E-state index in [9.17, 15) is 4.79 Å². The van der Waals surface area contributed by atoms with Crippen molar-refractivity contribution in [2.75, 3.05) is 0 Å². The highest BCUT2D eigenvalue weighted by atomic mass is 79.9. The van der Waals surface area contributed by atoms with Crippen LogP contribution in [0.5, 0.6) is 0 Å². The summed E-state index contributed by atoms with van der Waals surface area (Å²) in [6.45, 7) is 5.03. The van der Waals surface area contributed by atoms with Gasteiger partial charge in [0.25, 0.3) is 0 Å². The van der Waals surface area contributed by atoms with E-state index in [0.717, 1.165) is 29.3 Å². The first-order valence-corrected chi connectivity index (χ1v) is 8.34. The van der Waals surface area contributed by atoms with Crippen LogP contribution in [0.25, 0.3) is 0 Å². The molecule has 2 nitrogen and oxygen atoms in total. The van der Waals surface area contributed by atoms with Crippen LogP contribution in [0.2, 0.25) is 0 Å². The highest BCUT2D eigenvalue weighted by Crippen LogP contribution is 2.43. The van der Waals surface area contributed by atoms with Gasteiger partial charge in [0, 0.05) is 16.4 Å². The van der Waals surface area contributed by atoms with Crippen molar-refractivity contribution in [3.05, 3.63) is 34.3 Å². The summed E-state index contributed by atoms with van der Waals surface area (Å²) in [7, 11) is 0. The van der Waals surface area contributed by atoms with Crippen LogP contribution < -0.4 is 5.32 Å². The lowest BCUT2D eigenvalue weighted by Gasteiger charge is -2.29. The van der Waals surface area contributed by atoms with Crippen molar-refractivity contribution in [1.82, 2.24) is 5.32 Å². The molecule has 0 aromatic heterocycles. The quantitative estimate of drug-likeness (QED) is 0.830. The number of amides is 1. The molecular weight excluding hydrogens is 314 g/mol. The molecule has 0 unspecified atom stereocenters. The fourth-order valence-electron chi connectivity index (χ4n) is 3.36. The summed E-state index contributed by atoms with van der Waals surface area (Å²) in [5.41, 5.74) is 1.02. The molecule has 20 heavy (non-hydrogen) atoms. The second-order valence-electron chi connectivity index (χ2n) is 6.36. The Kier molecular flexibility index (Phi) is 5.25. The zero-order chi connectivity index (χ0) is 14.6. The van der Waals surface area contributed by atoms with E-state index in [1.54, 1.807) is 0 Å². The molecule has 0 radical (unpaired) electrons. The van der Waals surface area contributed by atoms with Crippen molar-refractivity contribution < 1.29 is 4.79 Å². The molecule has 1 N–H and O–H groups in total. The summed E-state index contributed by atoms with van der Waals surface area (Å²) in [5, 5.41) is 3.16. The molecule has 0 aliphatic heterocycles. The first-order valence-electron chi connectivity index (χ1n) is 7.55. The standard InChI is InChI=1S/C17H24BrNO/c1-13(2)11-17(9-5-6-10-17)16(20)19-12-14-7-3-4-8-15(14)18/h3-4,7-8,13H,5-6,9-12H2,1-2H3,(H,19,20). The van der Waals surface area contributed by atoms with E-state index in [0.29, 0.717) is 12.5 Å². The summed E-state index contributed by atoms with van der Waals surface area (Å²) in [6.07, 6.45) is 5.49. The van der Waals surface area contributed by atoms with Gasteiger partial charge >= 0.3 is 0 Å². The predicted octanol–water partition coefficient (Wildman–Crippen LogP) is 4.67. The van der Waals surface area contributed by atoms with Gasteiger partial charge in [0.1, 0.15) is 0 Å². The molecule has 0 bridgehead atoms. The Balaban J connectivity index is 2.01. The van der Waals surface area contributed by atoms with Gasteiger partial charge in [-0.25, -0.2) is 0 Å². The zero-order valence-corrected chi connectivity index (χ0v) is 14.0. The maximum absolute atomic E-state index is 12.7. The Morgan fingerprint density at radius 3 is 2.55 bits per heavy atom. The molecule has 0 spiro atoms. The molecule has 0 atom stereocenters. The number of carbonyl (C=O) groups excluding carboxylic acids is 1. The van der Waals surface area contributed by atoms with Crippen LogP contribution in [0.3, 0.4) is 0 Å². The minimum Gasteiger partial charge on any atom is -0.352 e. The average Bonchev–Trinajstić information content (AvgIpc) is 2.86. The third-order valence-corrected chi connectivity index (χ3v) is 5.01. The molecule has 0 heterocycles. The van der Waals surface area contributed by atoms with Crippen LogP contribution in [0.15, 0.2) is 28.7 Å². The van der Waals surface area contributed by atoms with Gasteiger partial charge in [-0.1, -0.05) is 60.8 Å². The van der Waals surface area contributed by atoms with Crippen LogP contribution in [-0.2, 0) is 11.3 Å². The number of halogens is 1. The fraction of sp³-hybridized carbons (Fsp3) is 0.588. The van der Waals surface area contributed by atoms with Crippen LogP contribution in [0.4, 0.5) is 0 Å². The Bertz CT molecular complexity index is 464. The first kappa shape index (κ1) is 15.6. The summed E-state index contributed by atoms with van der Waals surface area (Å²) in [6, 6.07) is 8.06. The highest BCUT2D eigenvalue weighted by molar-refractivity contribution is 9.10. The average molecular weight is 338 g/mol. The minimum atomic E-state index is -0.116. The lowest BCUT2D eigenvalue weighted by molar-refractivity contribution is -0.132. The monoisotopic (exact) mass is 337 g/mol. The topological polar surface area (TPSA) is 29.1 Å². The van der Waals surface area contributed by atoms with E-state index in [2.05, 4.69) is 35.1 Å². The highest BCUT2D eigenvalue weighted by Gasteiger charge is 2.41. The molecule has 1 aromatic rings. The van der Waals surface area contributed by atoms with E-state index >= 15 is 0 Å². The van der Waals surface area contributed by atoms with Gasteiger partial charge in [0.05, 0.1) is 0 Å². The molecule has 1 aliphatic rings. The fourth-order valence-corrected chi connectivity index (χ4v) is 3.79. The molecule has 1 aromatic carbocycles. The number of carbonyl (C=O) groups is 1. The number of hydrogen-bond acceptors (Lipinski definition) is 1. The number of benzene rings is 1. The molecule has 1 fully saturated rings. The third-order valence-electron chi connectivity index (χ3n) is 4.24. The molecule has 1 aliphatic carbocycles. The Morgan fingerprint density at radius 1 is 1.30 bits per heavy atom. The number of nitrogens with one attached hydrogen (secondary N) is 1. The maximum Gasteiger partial charge on any atom is 0.226 e. The van der Waals surface area contributed by atoms with Crippen molar-refractivity contribution in [3.63, 3.8) is 0 Å². The van der Waals surface area contributed by atoms with Gasteiger partial charge in [-0.05, 0) is 36.8 Å². The third kappa shape index (κ3) is 3.63. The second-order valence-corrected chi connectivity index (χ2v) is 7.21. The van der Waals surface area contributed by atoms with Crippen molar-refractivity contribution in [2.45, 2.75) is 52.5 Å². The minimum absolute atomic E-state index is 0.116. The van der Waals surface area contributed by atoms with E-state index in [1.165, 1.54) is 12.8 Å². The lowest BCUT2D eigenvalue weighted by Crippen LogP contribution is -2.39. The molecule has 1 saturated carbocycles. The molecule has 1 amide bonds. The number of hydrogen-bond donors (Lipinski definition) is 1. The van der Waals surface area contributed by atoms with Gasteiger partial charge in [-0.2, -0.15) is 0 Å². The van der Waals surface area contributed by atoms with Crippen molar-refractivity contribution in [2.24, 2.45) is 11.3 Å². The Hall–Kier alpha value is -0.830. The Morgan fingerprint density at radius 2 is 1.95 bits per heavy atom. The molecule has 2 rings (SSSR count). The van der Waals surface area contributed by atoms with Gasteiger partial charge in [0.2, 0.25) is 5.91 Å². The van der Waals surface area contributed by atoms with E-state index in [4.69, 9.17) is 0 Å². The van der Waals surface area contributed by atoms with E-state index < -0.39 is 0 Å². The summed E-state index contributed by atoms with van der Waals surface area (Å²) >= 11 is 3.53. The normalized spacial score (nSPS) is 17.4. The lowest BCUT2D eigenvalue weighted by atomic mass is 9.77. The van der Waals surface area contributed by atoms with Gasteiger partial charge in [0.15, 0.2) is 0 Å². The molecule has 0 saturated heterocycles. The van der Waals surface area contributed by atoms with Gasteiger partial charge < -0.3 is 5.32 Å². The maximum atomic E-state index is 12.7. The van der Waals surface area contributed by atoms with E-state index in [-0.39, 0.29) is 11.3 Å². The van der Waals surface area contributed by atoms with E-state index in [1.807, 2.05) is 24.3 Å². The van der Waals surface area contributed by atoms with Crippen molar-refractivity contribution >= 4 is 21.8 Å². The zero-order valence-electron chi connectivity index (χ0n) is 12.4. The Labute approximate surface area is 130 Å². The predicted molar refractivity (Wildman–Crippen MR) is 86.3 cm³/mol. The molecular formula is C17H24BrNO. The largest absolute Gasteiger partial charge is 0.352 e. The van der Waals surface area contributed by atoms with Crippen LogP contribution in [0.1, 0.15) is 51.5 Å². The van der Waals surface area contributed by atoms with Crippen molar-refractivity contribution in [1.29, 1.82) is 0 Å². The summed E-state index contributed by atoms with van der Waals surface area (Å²) in [4.78, 5) is 12.7. The molecule has 3 heteroatoms. The number of rotatable bonds is 5. The second kappa shape index (κ2) is 6.75. The van der Waals surface area contributed by atoms with Gasteiger partial charge in [-0.15, -0.1) is 0 Å². The summed E-state index contributed by atoms with van der Waals surface area (Å²) in [5.74, 6) is 0.821. The van der Waals surface area contributed by atoms with Crippen LogP contribution in [0, 0.1) is 11.3 Å². The first-order chi connectivity index (χ1) is 9.53. The van der Waals surface area contributed by atoms with Gasteiger partial charge in [-0.3, -0.25) is 4.79 Å². The smallest absolute Gasteiger partial charge is 0.226 e. The summed E-state index contributed by atoms with van der Waals surface area (Å²) < 4.78 is 1.06. The van der Waals surface area contributed by atoms with Crippen LogP contribution in [-0.4, -0.2) is 5.91 Å².